The maximum Gasteiger partial charge on any atom is 0.337 e. The van der Waals surface area contributed by atoms with Crippen LogP contribution in [0.3, 0.4) is 0 Å². The van der Waals surface area contributed by atoms with E-state index in [1.54, 1.807) is 13.0 Å². The molecule has 0 heterocycles. The van der Waals surface area contributed by atoms with E-state index in [1.807, 2.05) is 0 Å². The highest BCUT2D eigenvalue weighted by Gasteiger charge is 2.00. The molecule has 0 bridgehead atoms. The molecule has 0 radical (unpaired) electrons. The van der Waals surface area contributed by atoms with Gasteiger partial charge >= 0.3 is 5.97 Å². The Kier molecular flexibility index (Phi) is 3.44. The van der Waals surface area contributed by atoms with E-state index in [4.69, 9.17) is 0 Å². The molecule has 0 aromatic rings. The van der Waals surface area contributed by atoms with Crippen molar-refractivity contribution in [3.63, 3.8) is 0 Å². The monoisotopic (exact) mass is 126 g/mol. The predicted octanol–water partition coefficient (Wildman–Crippen LogP) is 1.29. The van der Waals surface area contributed by atoms with Crippen molar-refractivity contribution in [2.75, 3.05) is 7.11 Å². The summed E-state index contributed by atoms with van der Waals surface area (Å²) in [6.45, 7) is 5.19. The van der Waals surface area contributed by atoms with Gasteiger partial charge in [0.15, 0.2) is 0 Å². The fourth-order valence-corrected chi connectivity index (χ4v) is 0.437. The van der Waals surface area contributed by atoms with Crippen molar-refractivity contribution in [1.29, 1.82) is 0 Å². The van der Waals surface area contributed by atoms with E-state index in [-0.39, 0.29) is 5.97 Å². The molecule has 9 heavy (non-hydrogen) atoms. The zero-order valence-corrected chi connectivity index (χ0v) is 5.68. The number of esters is 1. The van der Waals surface area contributed by atoms with Crippen LogP contribution >= 0.6 is 0 Å². The minimum Gasteiger partial charge on any atom is -0.465 e. The molecule has 0 aliphatic rings. The summed E-state index contributed by atoms with van der Waals surface area (Å²) in [5.74, 6) is -0.340. The average Bonchev–Trinajstić information content (AvgIpc) is 1.90. The Labute approximate surface area is 54.8 Å². The Morgan fingerprint density at radius 2 is 2.22 bits per heavy atom. The molecule has 0 saturated carbocycles. The van der Waals surface area contributed by atoms with Gasteiger partial charge < -0.3 is 4.74 Å². The van der Waals surface area contributed by atoms with Gasteiger partial charge in [0.05, 0.1) is 12.7 Å². The number of hydrogen-bond acceptors (Lipinski definition) is 2. The van der Waals surface area contributed by atoms with Crippen LogP contribution in [0.5, 0.6) is 0 Å². The summed E-state index contributed by atoms with van der Waals surface area (Å²) in [6.07, 6.45) is 3.12. The fraction of sp³-hybridized carbons (Fsp3) is 0.286. The first-order valence-corrected chi connectivity index (χ1v) is 2.63. The van der Waals surface area contributed by atoms with Crippen LogP contribution in [0.4, 0.5) is 0 Å². The third-order valence-electron chi connectivity index (χ3n) is 0.952. The lowest BCUT2D eigenvalue weighted by atomic mass is 10.2. The topological polar surface area (TPSA) is 26.3 Å². The predicted molar refractivity (Wildman–Crippen MR) is 36.0 cm³/mol. The lowest BCUT2D eigenvalue weighted by molar-refractivity contribution is -0.135. The zero-order chi connectivity index (χ0) is 7.28. The molecule has 0 aliphatic carbocycles. The second-order valence-electron chi connectivity index (χ2n) is 1.44. The maximum absolute atomic E-state index is 10.6. The largest absolute Gasteiger partial charge is 0.465 e. The number of methoxy groups -OCH3 is 1. The molecule has 0 spiro atoms. The number of carbonyl (C=O) groups excluding carboxylic acids is 1. The molecule has 0 amide bonds. The Hall–Kier alpha value is -1.05. The fourth-order valence-electron chi connectivity index (χ4n) is 0.437. The van der Waals surface area contributed by atoms with Crippen LogP contribution in [0.15, 0.2) is 24.3 Å². The SMILES string of the molecule is C=CC(=CC)C(=O)OC. The number of ether oxygens (including phenoxy) is 1. The smallest absolute Gasteiger partial charge is 0.337 e. The quantitative estimate of drug-likeness (QED) is 0.316. The molecule has 0 aromatic carbocycles. The van der Waals surface area contributed by atoms with Gasteiger partial charge in [-0.3, -0.25) is 0 Å². The number of rotatable bonds is 2. The van der Waals surface area contributed by atoms with Crippen molar-refractivity contribution < 1.29 is 9.53 Å². The van der Waals surface area contributed by atoms with Gasteiger partial charge in [0.25, 0.3) is 0 Å². The summed E-state index contributed by atoms with van der Waals surface area (Å²) in [6, 6.07) is 0. The van der Waals surface area contributed by atoms with E-state index in [2.05, 4.69) is 11.3 Å². The molecule has 0 aromatic heterocycles. The van der Waals surface area contributed by atoms with Crippen LogP contribution in [0.1, 0.15) is 6.92 Å². The lowest BCUT2D eigenvalue weighted by Gasteiger charge is -1.95. The number of carbonyl (C=O) groups is 1. The highest BCUT2D eigenvalue weighted by Crippen LogP contribution is 1.96. The first kappa shape index (κ1) is 7.95. The van der Waals surface area contributed by atoms with Crippen LogP contribution in [-0.4, -0.2) is 13.1 Å². The van der Waals surface area contributed by atoms with E-state index in [0.717, 1.165) is 0 Å². The molecule has 0 rings (SSSR count). The standard InChI is InChI=1S/C7H10O2/c1-4-6(5-2)7(8)9-3/h4-5H,1H2,2-3H3. The number of hydrogen-bond donors (Lipinski definition) is 0. The van der Waals surface area contributed by atoms with Crippen LogP contribution in [-0.2, 0) is 9.53 Å². The summed E-state index contributed by atoms with van der Waals surface area (Å²) in [5.41, 5.74) is 0.498. The molecule has 0 N–H and O–H groups in total. The summed E-state index contributed by atoms with van der Waals surface area (Å²) in [5, 5.41) is 0. The average molecular weight is 126 g/mol. The van der Waals surface area contributed by atoms with Gasteiger partial charge in [-0.15, -0.1) is 0 Å². The van der Waals surface area contributed by atoms with E-state index in [9.17, 15) is 4.79 Å². The van der Waals surface area contributed by atoms with Crippen molar-refractivity contribution in [1.82, 2.24) is 0 Å². The second-order valence-corrected chi connectivity index (χ2v) is 1.44. The van der Waals surface area contributed by atoms with Gasteiger partial charge in [-0.1, -0.05) is 18.7 Å². The van der Waals surface area contributed by atoms with Crippen LogP contribution in [0.25, 0.3) is 0 Å². The third-order valence-corrected chi connectivity index (χ3v) is 0.952. The Balaban J connectivity index is 4.14. The third kappa shape index (κ3) is 2.13. The van der Waals surface area contributed by atoms with Crippen molar-refractivity contribution in [3.05, 3.63) is 24.3 Å². The molecule has 0 aliphatic heterocycles. The van der Waals surface area contributed by atoms with Crippen molar-refractivity contribution in [2.45, 2.75) is 6.92 Å². The minimum atomic E-state index is -0.340. The Bertz CT molecular complexity index is 145. The van der Waals surface area contributed by atoms with Gasteiger partial charge in [0.1, 0.15) is 0 Å². The Morgan fingerprint density at radius 3 is 2.33 bits per heavy atom. The van der Waals surface area contributed by atoms with Crippen molar-refractivity contribution in [2.24, 2.45) is 0 Å². The minimum absolute atomic E-state index is 0.340. The summed E-state index contributed by atoms with van der Waals surface area (Å²) >= 11 is 0. The first-order chi connectivity index (χ1) is 4.26. The van der Waals surface area contributed by atoms with Gasteiger partial charge in [0, 0.05) is 0 Å². The maximum atomic E-state index is 10.6. The van der Waals surface area contributed by atoms with Gasteiger partial charge in [-0.2, -0.15) is 0 Å². The summed E-state index contributed by atoms with van der Waals surface area (Å²) < 4.78 is 4.42. The highest BCUT2D eigenvalue weighted by atomic mass is 16.5. The molecule has 0 saturated heterocycles. The zero-order valence-electron chi connectivity index (χ0n) is 5.68. The Morgan fingerprint density at radius 1 is 1.67 bits per heavy atom. The van der Waals surface area contributed by atoms with E-state index < -0.39 is 0 Å². The van der Waals surface area contributed by atoms with Gasteiger partial charge in [0.2, 0.25) is 0 Å². The van der Waals surface area contributed by atoms with E-state index >= 15 is 0 Å². The normalized spacial score (nSPS) is 10.7. The summed E-state index contributed by atoms with van der Waals surface area (Å²) in [7, 11) is 1.34. The lowest BCUT2D eigenvalue weighted by Crippen LogP contribution is -2.01. The molecular formula is C7H10O2. The summed E-state index contributed by atoms with van der Waals surface area (Å²) in [4.78, 5) is 10.6. The molecular weight excluding hydrogens is 116 g/mol. The van der Waals surface area contributed by atoms with Gasteiger partial charge in [-0.05, 0) is 6.92 Å². The molecule has 2 heteroatoms. The second kappa shape index (κ2) is 3.89. The molecule has 0 atom stereocenters. The van der Waals surface area contributed by atoms with Crippen molar-refractivity contribution in [3.8, 4) is 0 Å². The number of allylic oxidation sites excluding steroid dienone is 1. The van der Waals surface area contributed by atoms with E-state index in [1.165, 1.54) is 13.2 Å². The first-order valence-electron chi connectivity index (χ1n) is 2.63. The molecule has 0 unspecified atom stereocenters. The van der Waals surface area contributed by atoms with Crippen molar-refractivity contribution >= 4 is 5.97 Å². The molecule has 50 valence electrons. The molecule has 0 fully saturated rings. The highest BCUT2D eigenvalue weighted by molar-refractivity contribution is 5.91. The van der Waals surface area contributed by atoms with Crippen LogP contribution < -0.4 is 0 Å². The molecule has 2 nitrogen and oxygen atoms in total. The van der Waals surface area contributed by atoms with E-state index in [0.29, 0.717) is 5.57 Å². The van der Waals surface area contributed by atoms with Crippen LogP contribution in [0, 0.1) is 0 Å². The van der Waals surface area contributed by atoms with Crippen LogP contribution in [0.2, 0.25) is 0 Å². The van der Waals surface area contributed by atoms with Gasteiger partial charge in [-0.25, -0.2) is 4.79 Å².